The number of aliphatic carboxylic acids is 2. The molecule has 0 bridgehead atoms. The van der Waals surface area contributed by atoms with Gasteiger partial charge in [0.25, 0.3) is 0 Å². The van der Waals surface area contributed by atoms with E-state index < -0.39 is 11.9 Å². The summed E-state index contributed by atoms with van der Waals surface area (Å²) in [5, 5.41) is 38.6. The molecule has 1 saturated carbocycles. The Labute approximate surface area is 274 Å². The predicted molar refractivity (Wildman–Crippen MR) is 170 cm³/mol. The number of carboxylic acid groups (broad SMARTS) is 2. The van der Waals surface area contributed by atoms with Crippen LogP contribution in [-0.2, 0) is 26.4 Å². The molecule has 2 N–H and O–H groups in total. The average Bonchev–Trinajstić information content (AvgIpc) is 3.01. The van der Waals surface area contributed by atoms with E-state index in [1.165, 1.54) is 0 Å². The van der Waals surface area contributed by atoms with Crippen molar-refractivity contribution in [1.82, 2.24) is 0 Å². The van der Waals surface area contributed by atoms with Crippen molar-refractivity contribution in [3.05, 3.63) is 108 Å². The van der Waals surface area contributed by atoms with E-state index in [-0.39, 0.29) is 40.4 Å². The number of rotatable bonds is 6. The summed E-state index contributed by atoms with van der Waals surface area (Å²) in [6.45, 7) is 1.94. The van der Waals surface area contributed by atoms with E-state index in [2.05, 4.69) is 24.3 Å². The van der Waals surface area contributed by atoms with Crippen molar-refractivity contribution in [3.8, 4) is 33.8 Å². The molecule has 0 heterocycles. The topological polar surface area (TPSA) is 145 Å². The van der Waals surface area contributed by atoms with Crippen LogP contribution in [-0.4, -0.2) is 46.7 Å². The normalized spacial score (nSPS) is 15.6. The second kappa shape index (κ2) is 18.8. The van der Waals surface area contributed by atoms with Gasteiger partial charge in [-0.15, -0.1) is 0 Å². The Hall–Kier alpha value is -4.73. The molecule has 1 fully saturated rings. The third-order valence-electron chi connectivity index (χ3n) is 6.77. The van der Waals surface area contributed by atoms with E-state index in [4.69, 9.17) is 29.8 Å². The fourth-order valence-electron chi connectivity index (χ4n) is 4.73. The molecular formula is C36H36CoN2O6. The van der Waals surface area contributed by atoms with E-state index in [1.54, 1.807) is 24.6 Å². The van der Waals surface area contributed by atoms with Crippen molar-refractivity contribution in [2.75, 3.05) is 0 Å². The smallest absolute Gasteiger partial charge is 0.550 e. The molecule has 1 aliphatic rings. The van der Waals surface area contributed by atoms with Crippen LogP contribution in [0.1, 0.15) is 50.7 Å². The minimum Gasteiger partial charge on any atom is -0.550 e. The number of nitrogens with zero attached hydrogens (tertiary/aromatic N) is 2. The second-order valence-corrected chi connectivity index (χ2v) is 10.2. The number of aliphatic imine (C=N–C) groups is 2. The van der Waals surface area contributed by atoms with Crippen molar-refractivity contribution in [3.63, 3.8) is 0 Å². The van der Waals surface area contributed by atoms with Gasteiger partial charge in [-0.05, 0) is 73.2 Å². The number of benzene rings is 4. The Morgan fingerprint density at radius 3 is 1.29 bits per heavy atom. The number of phenols is 2. The number of carboxylic acids is 2. The first-order valence-electron chi connectivity index (χ1n) is 14.3. The zero-order valence-electron chi connectivity index (χ0n) is 25.1. The quantitative estimate of drug-likeness (QED) is 0.287. The molecule has 0 saturated heterocycles. The Bertz CT molecular complexity index is 1450. The summed E-state index contributed by atoms with van der Waals surface area (Å²) in [6.07, 6.45) is 7.69. The summed E-state index contributed by atoms with van der Waals surface area (Å²) in [6, 6.07) is 31.6. The molecule has 8 nitrogen and oxygen atoms in total. The molecule has 0 aromatic heterocycles. The molecule has 2 unspecified atom stereocenters. The first-order valence-corrected chi connectivity index (χ1v) is 14.3. The van der Waals surface area contributed by atoms with Crippen LogP contribution in [0.25, 0.3) is 22.3 Å². The molecule has 1 aliphatic carbocycles. The molecular weight excluding hydrogens is 615 g/mol. The van der Waals surface area contributed by atoms with E-state index in [0.717, 1.165) is 61.8 Å². The van der Waals surface area contributed by atoms with Gasteiger partial charge in [0.1, 0.15) is 11.5 Å². The Balaban J connectivity index is 0.000000704. The van der Waals surface area contributed by atoms with Crippen LogP contribution < -0.4 is 10.2 Å². The van der Waals surface area contributed by atoms with Crippen molar-refractivity contribution in [1.29, 1.82) is 0 Å². The minimum atomic E-state index is -1.08. The van der Waals surface area contributed by atoms with Gasteiger partial charge in [-0.2, -0.15) is 0 Å². The van der Waals surface area contributed by atoms with Gasteiger partial charge < -0.3 is 30.0 Å². The Kier molecular flexibility index (Phi) is 15.3. The van der Waals surface area contributed by atoms with E-state index in [1.807, 2.05) is 60.7 Å². The number of hydrogen-bond acceptors (Lipinski definition) is 8. The van der Waals surface area contributed by atoms with Gasteiger partial charge in [0, 0.05) is 35.5 Å². The summed E-state index contributed by atoms with van der Waals surface area (Å²) in [5.41, 5.74) is 5.70. The average molecular weight is 652 g/mol. The first-order chi connectivity index (χ1) is 21.1. The Morgan fingerprint density at radius 2 is 0.956 bits per heavy atom. The number of carbonyl (C=O) groups is 2. The number of hydrogen-bond donors (Lipinski definition) is 2. The number of aromatic hydroxyl groups is 2. The van der Waals surface area contributed by atoms with Crippen LogP contribution in [0, 0.1) is 0 Å². The summed E-state index contributed by atoms with van der Waals surface area (Å²) < 4.78 is 0. The van der Waals surface area contributed by atoms with Crippen LogP contribution in [0.15, 0.2) is 107 Å². The van der Waals surface area contributed by atoms with Gasteiger partial charge in [0.05, 0.1) is 12.1 Å². The maximum absolute atomic E-state index is 10.4. The van der Waals surface area contributed by atoms with Crippen molar-refractivity contribution in [2.24, 2.45) is 9.98 Å². The van der Waals surface area contributed by atoms with E-state index in [9.17, 15) is 10.2 Å². The van der Waals surface area contributed by atoms with Gasteiger partial charge in [-0.25, -0.2) is 0 Å². The molecule has 0 aliphatic heterocycles. The number of carbonyl (C=O) groups excluding carboxylic acids is 2. The molecule has 4 aromatic carbocycles. The van der Waals surface area contributed by atoms with Crippen LogP contribution in [0.4, 0.5) is 0 Å². The molecule has 1 radical (unpaired) electrons. The maximum atomic E-state index is 10.4. The molecule has 0 amide bonds. The van der Waals surface area contributed by atoms with Gasteiger partial charge in [-0.1, -0.05) is 85.6 Å². The molecule has 45 heavy (non-hydrogen) atoms. The van der Waals surface area contributed by atoms with Crippen LogP contribution in [0.2, 0.25) is 0 Å². The molecule has 9 heteroatoms. The third kappa shape index (κ3) is 12.4. The molecule has 0 spiro atoms. The van der Waals surface area contributed by atoms with E-state index in [0.29, 0.717) is 11.1 Å². The first kappa shape index (κ1) is 36.5. The second-order valence-electron chi connectivity index (χ2n) is 10.2. The van der Waals surface area contributed by atoms with Gasteiger partial charge in [0.15, 0.2) is 0 Å². The Morgan fingerprint density at radius 1 is 0.622 bits per heavy atom. The van der Waals surface area contributed by atoms with Gasteiger partial charge in [0.2, 0.25) is 0 Å². The fraction of sp³-hybridized carbons (Fsp3) is 0.222. The predicted octanol–water partition coefficient (Wildman–Crippen LogP) is 4.79. The van der Waals surface area contributed by atoms with Gasteiger partial charge >= 0.3 is 16.8 Å². The van der Waals surface area contributed by atoms with Crippen LogP contribution in [0.3, 0.4) is 0 Å². The van der Waals surface area contributed by atoms with Gasteiger partial charge in [-0.3, -0.25) is 9.98 Å². The van der Waals surface area contributed by atoms with Crippen LogP contribution >= 0.6 is 0 Å². The monoisotopic (exact) mass is 651 g/mol. The molecule has 2 atom stereocenters. The standard InChI is InChI=1S/C32H30N2O2.2C2H4O2.Co/c35-31-17-15-25(23-9-3-1-4-10-23)19-27(31)21-33-29-13-7-8-14-30(29)34-22-28-20-26(16-18-32(28)36)24-11-5-2-6-12-24;2*1-2(3)4;/h1-6,9-12,15-22,29-30,35-36H,7-8,13-14H2;2*1H3,(H,3,4);/q;;;+2/p-2. The van der Waals surface area contributed by atoms with E-state index >= 15 is 0 Å². The SMILES string of the molecule is CC(=O)[O-].CC(=O)[O-].Oc1ccc(-c2ccccc2)cc1C=NC1CCCCC1N=Cc1cc(-c2ccccc2)ccc1O.[Co+2]. The largest absolute Gasteiger partial charge is 2.00 e. The third-order valence-corrected chi connectivity index (χ3v) is 6.77. The van der Waals surface area contributed by atoms with Crippen molar-refractivity contribution in [2.45, 2.75) is 51.6 Å². The van der Waals surface area contributed by atoms with Crippen LogP contribution in [0.5, 0.6) is 11.5 Å². The zero-order chi connectivity index (χ0) is 31.9. The fourth-order valence-corrected chi connectivity index (χ4v) is 4.73. The minimum absolute atomic E-state index is 0. The summed E-state index contributed by atoms with van der Waals surface area (Å²) in [4.78, 5) is 27.5. The van der Waals surface area contributed by atoms with Crippen molar-refractivity contribution >= 4 is 24.4 Å². The van der Waals surface area contributed by atoms with Crippen molar-refractivity contribution < 1.29 is 46.8 Å². The maximum Gasteiger partial charge on any atom is 2.00 e. The summed E-state index contributed by atoms with van der Waals surface area (Å²) >= 11 is 0. The summed E-state index contributed by atoms with van der Waals surface area (Å²) in [7, 11) is 0. The number of phenolic OH excluding ortho intramolecular Hbond substituents is 2. The zero-order valence-corrected chi connectivity index (χ0v) is 26.2. The molecule has 235 valence electrons. The molecule has 5 rings (SSSR count). The summed E-state index contributed by atoms with van der Waals surface area (Å²) in [5.74, 6) is -1.73. The molecule has 4 aromatic rings.